The average Bonchev–Trinajstić information content (AvgIpc) is 2.86. The zero-order valence-electron chi connectivity index (χ0n) is 20.2. The van der Waals surface area contributed by atoms with Crippen LogP contribution in [0.4, 0.5) is 5.69 Å². The molecule has 3 aromatic rings. The number of nitrogens with one attached hydrogen (secondary N) is 1. The van der Waals surface area contributed by atoms with Crippen LogP contribution in [0.2, 0.25) is 0 Å². The fourth-order valence-corrected chi connectivity index (χ4v) is 6.06. The third-order valence-electron chi connectivity index (χ3n) is 7.71. The summed E-state index contributed by atoms with van der Waals surface area (Å²) in [5, 5.41) is 27.0. The second kappa shape index (κ2) is 9.88. The monoisotopic (exact) mass is 474 g/mol. The van der Waals surface area contributed by atoms with Gasteiger partial charge in [-0.05, 0) is 55.3 Å². The fraction of sp³-hybridized carbons (Fsp3) is 0.414. The van der Waals surface area contributed by atoms with Crippen LogP contribution in [0.15, 0.2) is 60.7 Å². The highest BCUT2D eigenvalue weighted by atomic mass is 16.5. The zero-order chi connectivity index (χ0) is 24.4. The number of rotatable bonds is 6. The molecule has 3 atom stereocenters. The minimum atomic E-state index is -0.727. The number of carbonyl (C=O) groups is 1. The number of anilines is 1. The van der Waals surface area contributed by atoms with E-state index in [-0.39, 0.29) is 30.2 Å². The Morgan fingerprint density at radius 1 is 1.11 bits per heavy atom. The van der Waals surface area contributed by atoms with Gasteiger partial charge in [0, 0.05) is 29.6 Å². The Labute approximate surface area is 206 Å². The summed E-state index contributed by atoms with van der Waals surface area (Å²) in [6.07, 6.45) is 4.46. The van der Waals surface area contributed by atoms with Crippen LogP contribution in [0.25, 0.3) is 10.8 Å². The molecule has 3 unspecified atom stereocenters. The van der Waals surface area contributed by atoms with Gasteiger partial charge in [0.2, 0.25) is 5.91 Å². The van der Waals surface area contributed by atoms with Crippen molar-refractivity contribution in [3.63, 3.8) is 0 Å². The van der Waals surface area contributed by atoms with E-state index in [1.165, 1.54) is 0 Å². The van der Waals surface area contributed by atoms with Crippen LogP contribution in [0, 0.1) is 5.92 Å². The number of fused-ring (bicyclic) bond motifs is 2. The molecule has 1 saturated heterocycles. The maximum absolute atomic E-state index is 13.3. The van der Waals surface area contributed by atoms with E-state index >= 15 is 0 Å². The molecule has 35 heavy (non-hydrogen) atoms. The number of phenolic OH excluding ortho intramolecular Hbond substituents is 1. The Morgan fingerprint density at radius 3 is 2.80 bits per heavy atom. The zero-order valence-corrected chi connectivity index (χ0v) is 20.2. The van der Waals surface area contributed by atoms with Crippen molar-refractivity contribution in [1.29, 1.82) is 0 Å². The molecular formula is C29H34N2O4. The van der Waals surface area contributed by atoms with Crippen molar-refractivity contribution < 1.29 is 19.7 Å². The molecule has 0 aromatic heterocycles. The van der Waals surface area contributed by atoms with E-state index in [9.17, 15) is 15.0 Å². The van der Waals surface area contributed by atoms with Crippen LogP contribution in [0.5, 0.6) is 11.5 Å². The van der Waals surface area contributed by atoms with E-state index in [2.05, 4.69) is 10.2 Å². The van der Waals surface area contributed by atoms with E-state index < -0.39 is 5.60 Å². The van der Waals surface area contributed by atoms with Crippen molar-refractivity contribution in [2.45, 2.75) is 50.7 Å². The first-order valence-electron chi connectivity index (χ1n) is 12.7. The van der Waals surface area contributed by atoms with Gasteiger partial charge in [0.15, 0.2) is 11.5 Å². The van der Waals surface area contributed by atoms with Gasteiger partial charge in [0.1, 0.15) is 0 Å². The number of likely N-dealkylation sites (tertiary alicyclic amines) is 1. The Kier molecular flexibility index (Phi) is 6.67. The highest BCUT2D eigenvalue weighted by Crippen LogP contribution is 2.50. The van der Waals surface area contributed by atoms with Crippen molar-refractivity contribution >= 4 is 22.4 Å². The minimum absolute atomic E-state index is 0.0226. The van der Waals surface area contributed by atoms with Crippen LogP contribution in [-0.2, 0) is 4.79 Å². The van der Waals surface area contributed by atoms with E-state index in [1.54, 1.807) is 6.07 Å². The lowest BCUT2D eigenvalue weighted by Crippen LogP contribution is -2.56. The third kappa shape index (κ3) is 4.73. The topological polar surface area (TPSA) is 82.0 Å². The standard InChI is InChI=1S/C29H34N2O4/c1-2-35-26-18-21(13-14-25(26)32)28-23-11-5-6-15-29(23,34)16-17-31(28)19-27(33)30-24-12-7-9-20-8-3-4-10-22(20)24/h3-4,7-10,12-14,18,23,28,32,34H,2,5-6,11,15-17,19H2,1H3,(H,30,33). The summed E-state index contributed by atoms with van der Waals surface area (Å²) in [5.74, 6) is 0.492. The Morgan fingerprint density at radius 2 is 1.94 bits per heavy atom. The van der Waals surface area contributed by atoms with Crippen LogP contribution in [-0.4, -0.2) is 46.3 Å². The van der Waals surface area contributed by atoms with Crippen LogP contribution in [0.3, 0.4) is 0 Å². The quantitative estimate of drug-likeness (QED) is 0.455. The van der Waals surface area contributed by atoms with E-state index in [0.717, 1.165) is 47.7 Å². The molecule has 5 rings (SSSR count). The number of amides is 1. The van der Waals surface area contributed by atoms with Gasteiger partial charge in [0.05, 0.1) is 18.8 Å². The fourth-order valence-electron chi connectivity index (χ4n) is 6.06. The minimum Gasteiger partial charge on any atom is -0.504 e. The van der Waals surface area contributed by atoms with E-state index in [4.69, 9.17) is 4.74 Å². The van der Waals surface area contributed by atoms with Gasteiger partial charge in [-0.25, -0.2) is 0 Å². The van der Waals surface area contributed by atoms with Crippen molar-refractivity contribution in [3.05, 3.63) is 66.2 Å². The second-order valence-corrected chi connectivity index (χ2v) is 9.86. The lowest BCUT2D eigenvalue weighted by Gasteiger charge is -2.52. The lowest BCUT2D eigenvalue weighted by atomic mass is 9.66. The summed E-state index contributed by atoms with van der Waals surface area (Å²) < 4.78 is 5.66. The van der Waals surface area contributed by atoms with Crippen molar-refractivity contribution in [3.8, 4) is 11.5 Å². The lowest BCUT2D eigenvalue weighted by molar-refractivity contribution is -0.135. The first kappa shape index (κ1) is 23.6. The molecule has 1 aliphatic heterocycles. The average molecular weight is 475 g/mol. The molecule has 6 nitrogen and oxygen atoms in total. The molecule has 0 bridgehead atoms. The number of ether oxygens (including phenoxy) is 1. The van der Waals surface area contributed by atoms with E-state index in [0.29, 0.717) is 25.3 Å². The molecule has 2 aliphatic rings. The van der Waals surface area contributed by atoms with Gasteiger partial charge in [-0.3, -0.25) is 9.69 Å². The van der Waals surface area contributed by atoms with E-state index in [1.807, 2.05) is 61.5 Å². The number of aliphatic hydroxyl groups is 1. The largest absolute Gasteiger partial charge is 0.504 e. The summed E-state index contributed by atoms with van der Waals surface area (Å²) in [6.45, 7) is 3.19. The Hall–Kier alpha value is -3.09. The molecule has 1 amide bonds. The highest BCUT2D eigenvalue weighted by Gasteiger charge is 2.49. The number of phenols is 1. The van der Waals surface area contributed by atoms with Crippen molar-refractivity contribution in [2.75, 3.05) is 25.0 Å². The summed E-state index contributed by atoms with van der Waals surface area (Å²) in [5.41, 5.74) is 1.04. The number of hydrogen-bond acceptors (Lipinski definition) is 5. The summed E-state index contributed by atoms with van der Waals surface area (Å²) in [7, 11) is 0. The van der Waals surface area contributed by atoms with Gasteiger partial charge >= 0.3 is 0 Å². The molecular weight excluding hydrogens is 440 g/mol. The second-order valence-electron chi connectivity index (χ2n) is 9.86. The Balaban J connectivity index is 1.43. The number of carbonyl (C=O) groups excluding carboxylic acids is 1. The number of nitrogens with zero attached hydrogens (tertiary/aromatic N) is 1. The molecule has 3 aromatic carbocycles. The van der Waals surface area contributed by atoms with Crippen molar-refractivity contribution in [1.82, 2.24) is 4.90 Å². The summed E-state index contributed by atoms with van der Waals surface area (Å²) >= 11 is 0. The molecule has 2 fully saturated rings. The van der Waals surface area contributed by atoms with Crippen LogP contribution in [0.1, 0.15) is 50.6 Å². The Bertz CT molecular complexity index is 1210. The van der Waals surface area contributed by atoms with Gasteiger partial charge in [-0.1, -0.05) is 55.3 Å². The van der Waals surface area contributed by atoms with Gasteiger partial charge < -0.3 is 20.3 Å². The van der Waals surface area contributed by atoms with Crippen LogP contribution < -0.4 is 10.1 Å². The third-order valence-corrected chi connectivity index (χ3v) is 7.71. The number of piperidine rings is 1. The molecule has 1 aliphatic carbocycles. The molecule has 0 spiro atoms. The summed E-state index contributed by atoms with van der Waals surface area (Å²) in [6, 6.07) is 19.2. The molecule has 1 heterocycles. The van der Waals surface area contributed by atoms with Gasteiger partial charge in [-0.15, -0.1) is 0 Å². The first-order chi connectivity index (χ1) is 17.0. The molecule has 0 radical (unpaired) electrons. The number of hydrogen-bond donors (Lipinski definition) is 3. The van der Waals surface area contributed by atoms with Crippen LogP contribution >= 0.6 is 0 Å². The predicted molar refractivity (Wildman–Crippen MR) is 138 cm³/mol. The molecule has 1 saturated carbocycles. The maximum atomic E-state index is 13.3. The highest BCUT2D eigenvalue weighted by molar-refractivity contribution is 6.02. The molecule has 184 valence electrons. The number of benzene rings is 3. The normalized spacial score (nSPS) is 24.6. The van der Waals surface area contributed by atoms with Crippen molar-refractivity contribution in [2.24, 2.45) is 5.92 Å². The summed E-state index contributed by atoms with van der Waals surface area (Å²) in [4.78, 5) is 15.5. The first-order valence-corrected chi connectivity index (χ1v) is 12.7. The maximum Gasteiger partial charge on any atom is 0.238 e. The van der Waals surface area contributed by atoms with Gasteiger partial charge in [-0.2, -0.15) is 0 Å². The molecule has 3 N–H and O–H groups in total. The smallest absolute Gasteiger partial charge is 0.238 e. The van der Waals surface area contributed by atoms with Gasteiger partial charge in [0.25, 0.3) is 0 Å². The SMILES string of the molecule is CCOc1cc(C2C3CCCCC3(O)CCN2CC(=O)Nc2cccc3ccccc23)ccc1O. The predicted octanol–water partition coefficient (Wildman–Crippen LogP) is 5.25. The number of aromatic hydroxyl groups is 1. The molecule has 6 heteroatoms.